The van der Waals surface area contributed by atoms with Crippen molar-refractivity contribution in [3.63, 3.8) is 0 Å². The molecule has 6 nitrogen and oxygen atoms in total. The van der Waals surface area contributed by atoms with Gasteiger partial charge < -0.3 is 15.8 Å². The van der Waals surface area contributed by atoms with Crippen molar-refractivity contribution < 1.29 is 19.1 Å². The Morgan fingerprint density at radius 2 is 1.46 bits per heavy atom. The molecule has 4 fully saturated rings. The van der Waals surface area contributed by atoms with E-state index in [9.17, 15) is 14.4 Å². The monoisotopic (exact) mass is 699 g/mol. The van der Waals surface area contributed by atoms with Crippen LogP contribution in [0.1, 0.15) is 196 Å². The van der Waals surface area contributed by atoms with Crippen LogP contribution >= 0.6 is 0 Å². The number of primary amides is 1. The van der Waals surface area contributed by atoms with Crippen molar-refractivity contribution in [2.24, 2.45) is 58.0 Å². The summed E-state index contributed by atoms with van der Waals surface area (Å²) in [6, 6.07) is -0.820. The summed E-state index contributed by atoms with van der Waals surface area (Å²) < 4.78 is 6.56. The van der Waals surface area contributed by atoms with Crippen LogP contribution in [0.3, 0.4) is 0 Å². The Morgan fingerprint density at radius 1 is 0.760 bits per heavy atom. The molecule has 3 N–H and O–H groups in total. The van der Waals surface area contributed by atoms with E-state index in [0.717, 1.165) is 55.8 Å². The number of nitrogens with two attached hydrogens (primary N) is 1. The van der Waals surface area contributed by atoms with Gasteiger partial charge in [0.2, 0.25) is 11.8 Å². The van der Waals surface area contributed by atoms with E-state index in [-0.39, 0.29) is 36.2 Å². The lowest BCUT2D eigenvalue weighted by Gasteiger charge is -2.62. The third kappa shape index (κ3) is 10.3. The molecular weight excluding hydrogens is 620 g/mol. The first-order chi connectivity index (χ1) is 23.9. The number of carbonyl (C=O) groups excluding carboxylic acids is 3. The van der Waals surface area contributed by atoms with E-state index in [1.54, 1.807) is 0 Å². The molecule has 0 aromatic heterocycles. The molecule has 2 amide bonds. The number of rotatable bonds is 21. The number of unbranched alkanes of at least 4 members (excludes halogenated alkanes) is 8. The molecule has 0 heterocycles. The van der Waals surface area contributed by atoms with E-state index in [4.69, 9.17) is 10.5 Å². The molecule has 0 radical (unpaired) electrons. The van der Waals surface area contributed by atoms with Crippen LogP contribution in [0.15, 0.2) is 0 Å². The lowest BCUT2D eigenvalue weighted by atomic mass is 9.44. The van der Waals surface area contributed by atoms with E-state index in [0.29, 0.717) is 29.6 Å². The van der Waals surface area contributed by atoms with Gasteiger partial charge >= 0.3 is 5.97 Å². The van der Waals surface area contributed by atoms with Crippen LogP contribution in [0.2, 0.25) is 0 Å². The van der Waals surface area contributed by atoms with Crippen LogP contribution in [0, 0.1) is 52.3 Å². The maximum absolute atomic E-state index is 14.0. The van der Waals surface area contributed by atoms with Crippen molar-refractivity contribution in [2.45, 2.75) is 208 Å². The van der Waals surface area contributed by atoms with Crippen molar-refractivity contribution in [3.05, 3.63) is 0 Å². The predicted octanol–water partition coefficient (Wildman–Crippen LogP) is 10.7. The Balaban J connectivity index is 1.37. The quantitative estimate of drug-likeness (QED) is 0.0921. The zero-order chi connectivity index (χ0) is 36.3. The molecule has 4 rings (SSSR count). The number of carbonyl (C=O) groups is 3. The number of ether oxygens (including phenoxy) is 1. The second-order valence-corrected chi connectivity index (χ2v) is 18.6. The second kappa shape index (κ2) is 19.5. The van der Waals surface area contributed by atoms with Gasteiger partial charge in [0.15, 0.2) is 0 Å². The number of fused-ring (bicyclic) bond motifs is 5. The zero-order valence-electron chi connectivity index (χ0n) is 33.4. The van der Waals surface area contributed by atoms with Gasteiger partial charge in [-0.3, -0.25) is 9.59 Å². The molecule has 0 aliphatic heterocycles. The summed E-state index contributed by atoms with van der Waals surface area (Å²) in [6.07, 6.45) is 26.4. The Kier molecular flexibility index (Phi) is 16.0. The lowest BCUT2D eigenvalue weighted by Crippen LogP contribution is -2.59. The fourth-order valence-electron chi connectivity index (χ4n) is 12.1. The Labute approximate surface area is 307 Å². The molecule has 288 valence electrons. The zero-order valence-corrected chi connectivity index (χ0v) is 33.4. The number of amides is 2. The third-order valence-electron chi connectivity index (χ3n) is 14.9. The summed E-state index contributed by atoms with van der Waals surface area (Å²) in [4.78, 5) is 38.8. The molecule has 0 spiro atoms. The third-order valence-corrected chi connectivity index (χ3v) is 14.9. The largest absolute Gasteiger partial charge is 0.460 e. The average Bonchev–Trinajstić information content (AvgIpc) is 3.43. The van der Waals surface area contributed by atoms with Crippen molar-refractivity contribution >= 4 is 17.8 Å². The highest BCUT2D eigenvalue weighted by Crippen LogP contribution is 2.68. The Bertz CT molecular complexity index is 1080. The lowest BCUT2D eigenvalue weighted by molar-refractivity contribution is -0.193. The van der Waals surface area contributed by atoms with E-state index in [1.807, 2.05) is 0 Å². The number of esters is 1. The second-order valence-electron chi connectivity index (χ2n) is 18.6. The van der Waals surface area contributed by atoms with Gasteiger partial charge in [0.05, 0.1) is 0 Å². The van der Waals surface area contributed by atoms with Gasteiger partial charge in [-0.1, -0.05) is 112 Å². The highest BCUT2D eigenvalue weighted by molar-refractivity contribution is 5.85. The van der Waals surface area contributed by atoms with Crippen molar-refractivity contribution in [1.82, 2.24) is 5.32 Å². The molecule has 2 unspecified atom stereocenters. The van der Waals surface area contributed by atoms with E-state index < -0.39 is 11.9 Å². The van der Waals surface area contributed by atoms with Crippen LogP contribution in [0.4, 0.5) is 0 Å². The maximum Gasteiger partial charge on any atom is 0.328 e. The summed E-state index contributed by atoms with van der Waals surface area (Å²) in [5.74, 6) is 4.13. The fourth-order valence-corrected chi connectivity index (χ4v) is 12.1. The molecule has 4 saturated carbocycles. The van der Waals surface area contributed by atoms with Crippen molar-refractivity contribution in [1.29, 1.82) is 0 Å². The van der Waals surface area contributed by atoms with Crippen LogP contribution in [-0.4, -0.2) is 29.9 Å². The minimum absolute atomic E-state index is 0.0338. The Hall–Kier alpha value is -1.59. The minimum Gasteiger partial charge on any atom is -0.460 e. The van der Waals surface area contributed by atoms with Crippen LogP contribution in [0.25, 0.3) is 0 Å². The van der Waals surface area contributed by atoms with E-state index in [1.165, 1.54) is 103 Å². The van der Waals surface area contributed by atoms with Crippen molar-refractivity contribution in [2.75, 3.05) is 0 Å². The molecule has 4 aliphatic rings. The average molecular weight is 699 g/mol. The standard InChI is InChI=1S/C44H78N2O4/c1-7-8-9-10-11-12-13-14-15-22-41(48)46-38(27-28-40(45)47)42(49)50-39-21-17-20-33-23-24-34-36-26-25-35(32(4)19-16-18-31(2)3)43(36,5)30-29-37(34)44(33,39)6/h31-39H,7-30H2,1-6H3,(H2,45,47)(H,46,48)/t32-,33+,34+,35-,36-,37-,38?,39?,43+,44-/m0/s1. The first-order valence-electron chi connectivity index (χ1n) is 21.7. The van der Waals surface area contributed by atoms with Gasteiger partial charge in [0, 0.05) is 18.3 Å². The fraction of sp³-hybridized carbons (Fsp3) is 0.932. The molecule has 6 heteroatoms. The van der Waals surface area contributed by atoms with Gasteiger partial charge in [-0.15, -0.1) is 0 Å². The van der Waals surface area contributed by atoms with Crippen LogP contribution < -0.4 is 11.1 Å². The number of nitrogens with one attached hydrogen (secondary N) is 1. The topological polar surface area (TPSA) is 98.5 Å². The first kappa shape index (κ1) is 41.2. The summed E-state index contributed by atoms with van der Waals surface area (Å²) in [5.41, 5.74) is 5.91. The smallest absolute Gasteiger partial charge is 0.328 e. The molecular formula is C44H78N2O4. The summed E-state index contributed by atoms with van der Waals surface area (Å²) in [5, 5.41) is 2.98. The SMILES string of the molecule is CCCCCCCCCCCC(=O)NC(CCC(N)=O)C(=O)OC1CCC[C@@H]2CC[C@@H]3[C@@H]4CC[C@@H]([C@@H](C)CCCC(C)C)[C@@]4(C)CC[C@@H]3[C@@]12C. The maximum atomic E-state index is 14.0. The van der Waals surface area contributed by atoms with Gasteiger partial charge in [-0.25, -0.2) is 4.79 Å². The first-order valence-corrected chi connectivity index (χ1v) is 21.7. The highest BCUT2D eigenvalue weighted by atomic mass is 16.5. The highest BCUT2D eigenvalue weighted by Gasteiger charge is 2.62. The van der Waals surface area contributed by atoms with Gasteiger partial charge in [0.25, 0.3) is 0 Å². The van der Waals surface area contributed by atoms with Gasteiger partial charge in [-0.2, -0.15) is 0 Å². The summed E-state index contributed by atoms with van der Waals surface area (Å²) in [6.45, 7) is 14.6. The minimum atomic E-state index is -0.820. The molecule has 0 aromatic carbocycles. The molecule has 0 aromatic rings. The molecule has 50 heavy (non-hydrogen) atoms. The number of hydrogen-bond donors (Lipinski definition) is 2. The summed E-state index contributed by atoms with van der Waals surface area (Å²) in [7, 11) is 0. The Morgan fingerprint density at radius 3 is 2.14 bits per heavy atom. The molecule has 4 aliphatic carbocycles. The van der Waals surface area contributed by atoms with Crippen LogP contribution in [0.5, 0.6) is 0 Å². The van der Waals surface area contributed by atoms with Crippen LogP contribution in [-0.2, 0) is 19.1 Å². The molecule has 10 atom stereocenters. The summed E-state index contributed by atoms with van der Waals surface area (Å²) >= 11 is 0. The van der Waals surface area contributed by atoms with E-state index >= 15 is 0 Å². The molecule has 0 bridgehead atoms. The predicted molar refractivity (Wildman–Crippen MR) is 205 cm³/mol. The normalized spacial score (nSPS) is 33.2. The molecule has 0 saturated heterocycles. The van der Waals surface area contributed by atoms with Gasteiger partial charge in [-0.05, 0) is 117 Å². The number of hydrogen-bond acceptors (Lipinski definition) is 4. The van der Waals surface area contributed by atoms with Crippen molar-refractivity contribution in [3.8, 4) is 0 Å². The van der Waals surface area contributed by atoms with Gasteiger partial charge in [0.1, 0.15) is 12.1 Å². The van der Waals surface area contributed by atoms with E-state index in [2.05, 4.69) is 46.9 Å².